The molecule has 3 aromatic rings. The van der Waals surface area contributed by atoms with Crippen molar-refractivity contribution in [2.45, 2.75) is 6.61 Å². The lowest BCUT2D eigenvalue weighted by atomic mass is 10.4. The van der Waals surface area contributed by atoms with E-state index in [2.05, 4.69) is 53.5 Å². The second kappa shape index (κ2) is 7.12. The van der Waals surface area contributed by atoms with E-state index >= 15 is 0 Å². The lowest BCUT2D eigenvalue weighted by Gasteiger charge is -2.18. The van der Waals surface area contributed by atoms with Gasteiger partial charge < -0.3 is 4.52 Å². The fourth-order valence-electron chi connectivity index (χ4n) is 2.04. The quantitative estimate of drug-likeness (QED) is 0.670. The van der Waals surface area contributed by atoms with Crippen LogP contribution in [0.2, 0.25) is 0 Å². The molecule has 0 fully saturated rings. The summed E-state index contributed by atoms with van der Waals surface area (Å²) in [5.41, 5.74) is 0.955. The molecule has 1 heterocycles. The third kappa shape index (κ3) is 3.75. The molecular weight excluding hydrogens is 277 g/mol. The first-order valence-corrected chi connectivity index (χ1v) is 8.12. The Morgan fingerprint density at radius 2 is 1.29 bits per heavy atom. The minimum atomic E-state index is -0.815. The Balaban J connectivity index is 1.83. The minimum Gasteiger partial charge on any atom is -0.343 e. The SMILES string of the molecule is c1ccc(P(OCc2ccccn2)c2ccccc2)cc1. The van der Waals surface area contributed by atoms with Gasteiger partial charge in [-0.1, -0.05) is 66.7 Å². The van der Waals surface area contributed by atoms with E-state index in [0.717, 1.165) is 5.69 Å². The van der Waals surface area contributed by atoms with E-state index in [1.54, 1.807) is 6.20 Å². The molecule has 2 nitrogen and oxygen atoms in total. The van der Waals surface area contributed by atoms with Crippen molar-refractivity contribution in [3.63, 3.8) is 0 Å². The zero-order valence-electron chi connectivity index (χ0n) is 11.6. The highest BCUT2D eigenvalue weighted by Crippen LogP contribution is 2.35. The van der Waals surface area contributed by atoms with Crippen molar-refractivity contribution in [3.8, 4) is 0 Å². The Morgan fingerprint density at radius 1 is 0.714 bits per heavy atom. The van der Waals surface area contributed by atoms with Crippen LogP contribution >= 0.6 is 8.15 Å². The van der Waals surface area contributed by atoms with Gasteiger partial charge in [-0.3, -0.25) is 4.98 Å². The summed E-state index contributed by atoms with van der Waals surface area (Å²) in [7, 11) is -0.815. The van der Waals surface area contributed by atoms with Gasteiger partial charge in [-0.2, -0.15) is 0 Å². The van der Waals surface area contributed by atoms with E-state index in [9.17, 15) is 0 Å². The lowest BCUT2D eigenvalue weighted by Crippen LogP contribution is -2.13. The molecule has 0 bridgehead atoms. The van der Waals surface area contributed by atoms with E-state index in [1.165, 1.54) is 10.6 Å². The van der Waals surface area contributed by atoms with Crippen LogP contribution in [-0.2, 0) is 11.1 Å². The van der Waals surface area contributed by atoms with Crippen LogP contribution in [0.3, 0.4) is 0 Å². The molecular formula is C18H16NOP. The normalized spacial score (nSPS) is 10.7. The molecule has 3 heteroatoms. The molecule has 0 unspecified atom stereocenters. The van der Waals surface area contributed by atoms with Gasteiger partial charge in [0.25, 0.3) is 0 Å². The summed E-state index contributed by atoms with van der Waals surface area (Å²) in [5.74, 6) is 0. The summed E-state index contributed by atoms with van der Waals surface area (Å²) < 4.78 is 6.20. The number of benzene rings is 2. The second-order valence-electron chi connectivity index (χ2n) is 4.56. The van der Waals surface area contributed by atoms with E-state index in [1.807, 2.05) is 30.3 Å². The van der Waals surface area contributed by atoms with E-state index in [0.29, 0.717) is 6.61 Å². The summed E-state index contributed by atoms with van der Waals surface area (Å²) >= 11 is 0. The maximum Gasteiger partial charge on any atom is 0.0939 e. The molecule has 2 aromatic carbocycles. The monoisotopic (exact) mass is 293 g/mol. The first-order valence-electron chi connectivity index (χ1n) is 6.86. The second-order valence-corrected chi connectivity index (χ2v) is 6.44. The number of nitrogens with zero attached hydrogens (tertiary/aromatic N) is 1. The first-order chi connectivity index (χ1) is 10.4. The number of pyridine rings is 1. The first kappa shape index (κ1) is 13.9. The molecule has 0 radical (unpaired) electrons. The molecule has 0 atom stereocenters. The number of hydrogen-bond donors (Lipinski definition) is 0. The fraction of sp³-hybridized carbons (Fsp3) is 0.0556. The Bertz CT molecular complexity index is 619. The average Bonchev–Trinajstić information content (AvgIpc) is 2.58. The van der Waals surface area contributed by atoms with Crippen molar-refractivity contribution >= 4 is 18.8 Å². The third-order valence-electron chi connectivity index (χ3n) is 3.05. The molecule has 1 aromatic heterocycles. The van der Waals surface area contributed by atoms with E-state index in [-0.39, 0.29) is 0 Å². The maximum atomic E-state index is 6.20. The Morgan fingerprint density at radius 3 is 1.81 bits per heavy atom. The van der Waals surface area contributed by atoms with Crippen LogP contribution in [0.25, 0.3) is 0 Å². The van der Waals surface area contributed by atoms with Crippen molar-refractivity contribution in [1.82, 2.24) is 4.98 Å². The van der Waals surface area contributed by atoms with Gasteiger partial charge in [0.05, 0.1) is 20.4 Å². The van der Waals surface area contributed by atoms with Crippen LogP contribution in [0.5, 0.6) is 0 Å². The predicted octanol–water partition coefficient (Wildman–Crippen LogP) is 3.65. The number of rotatable bonds is 5. The molecule has 0 aliphatic carbocycles. The summed E-state index contributed by atoms with van der Waals surface area (Å²) in [6.07, 6.45) is 1.80. The molecule has 0 aliphatic heterocycles. The molecule has 21 heavy (non-hydrogen) atoms. The summed E-state index contributed by atoms with van der Waals surface area (Å²) in [6.45, 7) is 0.524. The topological polar surface area (TPSA) is 22.1 Å². The fourth-order valence-corrected chi connectivity index (χ4v) is 3.78. The summed E-state index contributed by atoms with van der Waals surface area (Å²) in [4.78, 5) is 4.32. The highest BCUT2D eigenvalue weighted by Gasteiger charge is 2.14. The van der Waals surface area contributed by atoms with Gasteiger partial charge in [-0.15, -0.1) is 0 Å². The Kier molecular flexibility index (Phi) is 4.73. The highest BCUT2D eigenvalue weighted by molar-refractivity contribution is 7.68. The van der Waals surface area contributed by atoms with Crippen molar-refractivity contribution in [3.05, 3.63) is 90.8 Å². The maximum absolute atomic E-state index is 6.20. The average molecular weight is 293 g/mol. The van der Waals surface area contributed by atoms with Gasteiger partial charge in [0, 0.05) is 16.8 Å². The van der Waals surface area contributed by atoms with Gasteiger partial charge >= 0.3 is 0 Å². The number of hydrogen-bond acceptors (Lipinski definition) is 2. The van der Waals surface area contributed by atoms with Gasteiger partial charge in [-0.25, -0.2) is 0 Å². The van der Waals surface area contributed by atoms with Gasteiger partial charge in [0.2, 0.25) is 0 Å². The molecule has 104 valence electrons. The molecule has 0 amide bonds. The summed E-state index contributed by atoms with van der Waals surface area (Å²) in [5, 5.41) is 2.43. The summed E-state index contributed by atoms with van der Waals surface area (Å²) in [6, 6.07) is 26.7. The van der Waals surface area contributed by atoms with Gasteiger partial charge in [0.15, 0.2) is 0 Å². The molecule has 3 rings (SSSR count). The zero-order chi connectivity index (χ0) is 14.3. The zero-order valence-corrected chi connectivity index (χ0v) is 12.5. The minimum absolute atomic E-state index is 0.524. The van der Waals surface area contributed by atoms with E-state index < -0.39 is 8.15 Å². The van der Waals surface area contributed by atoms with Gasteiger partial charge in [-0.05, 0) is 12.1 Å². The smallest absolute Gasteiger partial charge is 0.0939 e. The van der Waals surface area contributed by atoms with Crippen molar-refractivity contribution in [1.29, 1.82) is 0 Å². The van der Waals surface area contributed by atoms with Gasteiger partial charge in [0.1, 0.15) is 0 Å². The molecule has 0 N–H and O–H groups in total. The van der Waals surface area contributed by atoms with Crippen LogP contribution < -0.4 is 10.6 Å². The van der Waals surface area contributed by atoms with Crippen LogP contribution in [-0.4, -0.2) is 4.98 Å². The molecule has 0 saturated heterocycles. The van der Waals surface area contributed by atoms with E-state index in [4.69, 9.17) is 4.52 Å². The number of aromatic nitrogens is 1. The van der Waals surface area contributed by atoms with Crippen molar-refractivity contribution in [2.75, 3.05) is 0 Å². The van der Waals surface area contributed by atoms with Crippen LogP contribution in [0, 0.1) is 0 Å². The Hall–Kier alpha value is -2.02. The standard InChI is InChI=1S/C18H16NOP/c1-3-10-17(11-4-1)21(18-12-5-2-6-13-18)20-15-16-9-7-8-14-19-16/h1-14H,15H2. The van der Waals surface area contributed by atoms with Crippen LogP contribution in [0.4, 0.5) is 0 Å². The molecule has 0 aliphatic rings. The lowest BCUT2D eigenvalue weighted by molar-refractivity contribution is 0.344. The largest absolute Gasteiger partial charge is 0.343 e. The van der Waals surface area contributed by atoms with Crippen LogP contribution in [0.15, 0.2) is 85.1 Å². The Labute approximate surface area is 126 Å². The molecule has 0 spiro atoms. The highest BCUT2D eigenvalue weighted by atomic mass is 31.1. The van der Waals surface area contributed by atoms with Crippen LogP contribution in [0.1, 0.15) is 5.69 Å². The third-order valence-corrected chi connectivity index (χ3v) is 4.97. The van der Waals surface area contributed by atoms with Crippen molar-refractivity contribution in [2.24, 2.45) is 0 Å². The molecule has 0 saturated carbocycles. The predicted molar refractivity (Wildman–Crippen MR) is 88.1 cm³/mol. The van der Waals surface area contributed by atoms with Crippen molar-refractivity contribution < 1.29 is 4.52 Å².